The van der Waals surface area contributed by atoms with E-state index in [1.165, 1.54) is 32.4 Å². The minimum absolute atomic E-state index is 0.375. The number of hydrogen-bond acceptors (Lipinski definition) is 4. The molecule has 2 fully saturated rings. The molecule has 5 heteroatoms. The maximum absolute atomic E-state index is 11.9. The van der Waals surface area contributed by atoms with E-state index in [0.29, 0.717) is 18.6 Å². The Bertz CT molecular complexity index is 582. The van der Waals surface area contributed by atoms with E-state index >= 15 is 0 Å². The largest absolute Gasteiger partial charge is 0.444 e. The zero-order valence-electron chi connectivity index (χ0n) is 15.0. The molecule has 0 aromatic heterocycles. The molecule has 0 saturated carbocycles. The summed E-state index contributed by atoms with van der Waals surface area (Å²) in [5, 5.41) is 6.57. The second-order valence-corrected chi connectivity index (χ2v) is 7.80. The molecule has 24 heavy (non-hydrogen) atoms. The fourth-order valence-electron chi connectivity index (χ4n) is 3.75. The first-order valence-corrected chi connectivity index (χ1v) is 8.98. The smallest absolute Gasteiger partial charge is 0.407 e. The minimum atomic E-state index is -0.475. The van der Waals surface area contributed by atoms with Gasteiger partial charge in [0.05, 0.1) is 0 Å². The number of hydrogen-bond donors (Lipinski definition) is 2. The molecule has 2 aliphatic rings. The van der Waals surface area contributed by atoms with Crippen LogP contribution in [0.15, 0.2) is 24.3 Å². The number of carbonyl (C=O) groups is 1. The number of ether oxygens (including phenoxy) is 1. The number of fused-ring (bicyclic) bond motifs is 1. The summed E-state index contributed by atoms with van der Waals surface area (Å²) < 4.78 is 5.31. The number of nitrogens with one attached hydrogen (secondary N) is 2. The molecule has 2 N–H and O–H groups in total. The van der Waals surface area contributed by atoms with Crippen molar-refractivity contribution in [3.63, 3.8) is 0 Å². The molecule has 2 atom stereocenters. The van der Waals surface area contributed by atoms with Crippen molar-refractivity contribution in [3.05, 3.63) is 29.8 Å². The highest BCUT2D eigenvalue weighted by molar-refractivity contribution is 5.68. The normalized spacial score (nSPS) is 23.8. The lowest BCUT2D eigenvalue weighted by Gasteiger charge is -2.24. The maximum atomic E-state index is 11.9. The van der Waals surface area contributed by atoms with Crippen molar-refractivity contribution < 1.29 is 9.53 Å². The van der Waals surface area contributed by atoms with Gasteiger partial charge in [-0.15, -0.1) is 0 Å². The molecule has 1 aromatic carbocycles. The molecule has 0 aliphatic carbocycles. The Morgan fingerprint density at radius 2 is 2.04 bits per heavy atom. The van der Waals surface area contributed by atoms with Crippen molar-refractivity contribution in [2.75, 3.05) is 18.4 Å². The zero-order valence-corrected chi connectivity index (χ0v) is 15.0. The Hall–Kier alpha value is -1.75. The van der Waals surface area contributed by atoms with Crippen molar-refractivity contribution in [1.29, 1.82) is 0 Å². The van der Waals surface area contributed by atoms with Crippen LogP contribution in [0.3, 0.4) is 0 Å². The Balaban J connectivity index is 1.60. The Morgan fingerprint density at radius 3 is 2.83 bits per heavy atom. The van der Waals surface area contributed by atoms with Crippen LogP contribution in [0.2, 0.25) is 0 Å². The van der Waals surface area contributed by atoms with Gasteiger partial charge in [-0.2, -0.15) is 0 Å². The molecular formula is C19H29N3O2. The predicted octanol–water partition coefficient (Wildman–Crippen LogP) is 3.36. The fourth-order valence-corrected chi connectivity index (χ4v) is 3.75. The van der Waals surface area contributed by atoms with Crippen LogP contribution in [0.25, 0.3) is 0 Å². The van der Waals surface area contributed by atoms with Crippen LogP contribution in [0.1, 0.15) is 45.6 Å². The highest BCUT2D eigenvalue weighted by atomic mass is 16.6. The van der Waals surface area contributed by atoms with E-state index in [4.69, 9.17) is 4.74 Å². The molecule has 1 aromatic rings. The summed E-state index contributed by atoms with van der Waals surface area (Å²) in [7, 11) is 0. The third-order valence-electron chi connectivity index (χ3n) is 4.79. The Kier molecular flexibility index (Phi) is 4.99. The van der Waals surface area contributed by atoms with Gasteiger partial charge in [0.2, 0.25) is 0 Å². The third kappa shape index (κ3) is 4.20. The van der Waals surface area contributed by atoms with Crippen molar-refractivity contribution >= 4 is 11.8 Å². The lowest BCUT2D eigenvalue weighted by atomic mass is 10.1. The number of benzene rings is 1. The molecule has 0 radical (unpaired) electrons. The van der Waals surface area contributed by atoms with Gasteiger partial charge in [0.15, 0.2) is 0 Å². The standard InChI is InChI=1S/C19H29N3O2/c1-19(2,3)24-18(23)20-13-14-7-4-5-8-15(14)21-16-10-12-22-11-6-9-17(16)22/h4-5,7-8,16-17,21H,6,9-13H2,1-3H3,(H,20,23). The summed E-state index contributed by atoms with van der Waals surface area (Å²) in [5.74, 6) is 0. The van der Waals surface area contributed by atoms with E-state index in [1.54, 1.807) is 0 Å². The highest BCUT2D eigenvalue weighted by Crippen LogP contribution is 2.30. The topological polar surface area (TPSA) is 53.6 Å². The molecular weight excluding hydrogens is 302 g/mol. The molecule has 2 unspecified atom stereocenters. The Morgan fingerprint density at radius 1 is 1.25 bits per heavy atom. The van der Waals surface area contributed by atoms with Gasteiger partial charge in [0, 0.05) is 30.9 Å². The summed E-state index contributed by atoms with van der Waals surface area (Å²) in [6, 6.07) is 9.38. The van der Waals surface area contributed by atoms with Gasteiger partial charge in [-0.25, -0.2) is 4.79 Å². The summed E-state index contributed by atoms with van der Waals surface area (Å²) in [4.78, 5) is 14.5. The molecule has 2 aliphatic heterocycles. The summed E-state index contributed by atoms with van der Waals surface area (Å²) >= 11 is 0. The van der Waals surface area contributed by atoms with Crippen LogP contribution in [0.4, 0.5) is 10.5 Å². The zero-order chi connectivity index (χ0) is 17.2. The summed E-state index contributed by atoms with van der Waals surface area (Å²) in [6.45, 7) is 8.52. The van der Waals surface area contributed by atoms with Gasteiger partial charge in [-0.1, -0.05) is 18.2 Å². The molecule has 0 spiro atoms. The summed E-state index contributed by atoms with van der Waals surface area (Å²) in [6.07, 6.45) is 3.42. The molecule has 2 heterocycles. The van der Waals surface area contributed by atoms with Crippen LogP contribution in [-0.4, -0.2) is 41.8 Å². The first-order chi connectivity index (χ1) is 11.4. The van der Waals surface area contributed by atoms with E-state index < -0.39 is 5.60 Å². The second kappa shape index (κ2) is 7.01. The van der Waals surface area contributed by atoms with Gasteiger partial charge in [0.25, 0.3) is 0 Å². The quantitative estimate of drug-likeness (QED) is 0.888. The average Bonchev–Trinajstić information content (AvgIpc) is 3.09. The van der Waals surface area contributed by atoms with E-state index in [-0.39, 0.29) is 6.09 Å². The third-order valence-corrected chi connectivity index (χ3v) is 4.79. The number of alkyl carbamates (subject to hydrolysis) is 1. The predicted molar refractivity (Wildman–Crippen MR) is 96.1 cm³/mol. The monoisotopic (exact) mass is 331 g/mol. The van der Waals surface area contributed by atoms with Crippen molar-refractivity contribution in [2.45, 2.75) is 64.3 Å². The maximum Gasteiger partial charge on any atom is 0.407 e. The number of rotatable bonds is 4. The first kappa shape index (κ1) is 17.1. The van der Waals surface area contributed by atoms with Gasteiger partial charge in [-0.05, 0) is 58.2 Å². The van der Waals surface area contributed by atoms with Crippen molar-refractivity contribution in [1.82, 2.24) is 10.2 Å². The van der Waals surface area contributed by atoms with Gasteiger partial charge in [0.1, 0.15) is 5.60 Å². The lowest BCUT2D eigenvalue weighted by Crippen LogP contribution is -2.34. The molecule has 132 valence electrons. The number of amides is 1. The van der Waals surface area contributed by atoms with Crippen LogP contribution in [0.5, 0.6) is 0 Å². The van der Waals surface area contributed by atoms with Crippen molar-refractivity contribution in [3.8, 4) is 0 Å². The second-order valence-electron chi connectivity index (χ2n) is 7.80. The number of carbonyl (C=O) groups excluding carboxylic acids is 1. The molecule has 3 rings (SSSR count). The lowest BCUT2D eigenvalue weighted by molar-refractivity contribution is 0.0523. The van der Waals surface area contributed by atoms with Crippen LogP contribution in [-0.2, 0) is 11.3 Å². The average molecular weight is 331 g/mol. The number of anilines is 1. The minimum Gasteiger partial charge on any atom is -0.444 e. The van der Waals surface area contributed by atoms with E-state index in [0.717, 1.165) is 11.3 Å². The molecule has 0 bridgehead atoms. The van der Waals surface area contributed by atoms with Crippen molar-refractivity contribution in [2.24, 2.45) is 0 Å². The van der Waals surface area contributed by atoms with E-state index in [9.17, 15) is 4.79 Å². The summed E-state index contributed by atoms with van der Waals surface area (Å²) in [5.41, 5.74) is 1.74. The highest BCUT2D eigenvalue weighted by Gasteiger charge is 2.37. The van der Waals surface area contributed by atoms with Crippen LogP contribution >= 0.6 is 0 Å². The number of para-hydroxylation sites is 1. The van der Waals surface area contributed by atoms with Gasteiger partial charge in [-0.3, -0.25) is 4.90 Å². The SMILES string of the molecule is CC(C)(C)OC(=O)NCc1ccccc1NC1CCN2CCCC12. The molecule has 2 saturated heterocycles. The van der Waals surface area contributed by atoms with Gasteiger partial charge >= 0.3 is 6.09 Å². The van der Waals surface area contributed by atoms with Gasteiger partial charge < -0.3 is 15.4 Å². The van der Waals surface area contributed by atoms with E-state index in [1.807, 2.05) is 32.9 Å². The molecule has 1 amide bonds. The Labute approximate surface area is 144 Å². The van der Waals surface area contributed by atoms with Crippen LogP contribution < -0.4 is 10.6 Å². The first-order valence-electron chi connectivity index (χ1n) is 8.98. The fraction of sp³-hybridized carbons (Fsp3) is 0.632. The van der Waals surface area contributed by atoms with E-state index in [2.05, 4.69) is 27.7 Å². The van der Waals surface area contributed by atoms with Crippen LogP contribution in [0, 0.1) is 0 Å². The molecule has 5 nitrogen and oxygen atoms in total. The number of nitrogens with zero attached hydrogens (tertiary/aromatic N) is 1.